The van der Waals surface area contributed by atoms with E-state index in [9.17, 15) is 9.59 Å². The molecule has 0 fully saturated rings. The maximum absolute atomic E-state index is 12.1. The Morgan fingerprint density at radius 1 is 0.870 bits per heavy atom. The van der Waals surface area contributed by atoms with Crippen LogP contribution in [0.25, 0.3) is 0 Å². The fourth-order valence-corrected chi connectivity index (χ4v) is 2.13. The van der Waals surface area contributed by atoms with Gasteiger partial charge in [0.1, 0.15) is 5.75 Å². The van der Waals surface area contributed by atoms with Crippen molar-refractivity contribution in [1.29, 1.82) is 0 Å². The summed E-state index contributed by atoms with van der Waals surface area (Å²) in [6, 6.07) is 13.7. The fraction of sp³-hybridized carbons (Fsp3) is 0.263. The highest BCUT2D eigenvalue weighted by Crippen LogP contribution is 2.15. The molecule has 0 saturated carbocycles. The number of hydrogen-bond acceptors (Lipinski definition) is 4. The summed E-state index contributed by atoms with van der Waals surface area (Å²) in [6.45, 7) is 2.15. The Labute approximate surface area is 136 Å². The van der Waals surface area contributed by atoms with Crippen molar-refractivity contribution in [3.05, 3.63) is 65.2 Å². The second-order valence-electron chi connectivity index (χ2n) is 5.21. The molecule has 0 aromatic heterocycles. The molecule has 2 aromatic rings. The lowest BCUT2D eigenvalue weighted by Crippen LogP contribution is -2.09. The summed E-state index contributed by atoms with van der Waals surface area (Å²) in [6.07, 6.45) is 3.29. The van der Waals surface area contributed by atoms with Gasteiger partial charge in [0.25, 0.3) is 0 Å². The standard InChI is InChI=1S/C19H20O4/c1-3-4-5-14-6-8-16(9-7-14)19(21)23-17-12-10-15(11-13-17)18(20)22-2/h6-13H,3-5H2,1-2H3. The fourth-order valence-electron chi connectivity index (χ4n) is 2.13. The van der Waals surface area contributed by atoms with Gasteiger partial charge in [-0.05, 0) is 54.8 Å². The van der Waals surface area contributed by atoms with Gasteiger partial charge in [0.15, 0.2) is 0 Å². The molecule has 0 spiro atoms. The molecule has 0 radical (unpaired) electrons. The topological polar surface area (TPSA) is 52.6 Å². The summed E-state index contributed by atoms with van der Waals surface area (Å²) in [7, 11) is 1.32. The molecular formula is C19H20O4. The van der Waals surface area contributed by atoms with Crippen molar-refractivity contribution in [1.82, 2.24) is 0 Å². The van der Waals surface area contributed by atoms with Gasteiger partial charge in [-0.2, -0.15) is 0 Å². The van der Waals surface area contributed by atoms with Crippen molar-refractivity contribution in [3.63, 3.8) is 0 Å². The Morgan fingerprint density at radius 3 is 2.00 bits per heavy atom. The maximum atomic E-state index is 12.1. The predicted octanol–water partition coefficient (Wildman–Crippen LogP) is 4.04. The molecule has 4 nitrogen and oxygen atoms in total. The van der Waals surface area contributed by atoms with Crippen LogP contribution in [-0.2, 0) is 11.2 Å². The van der Waals surface area contributed by atoms with E-state index in [-0.39, 0.29) is 0 Å². The van der Waals surface area contributed by atoms with Crippen molar-refractivity contribution in [2.45, 2.75) is 26.2 Å². The first-order valence-electron chi connectivity index (χ1n) is 7.63. The summed E-state index contributed by atoms with van der Waals surface area (Å²) in [5.41, 5.74) is 2.13. The minimum atomic E-state index is -0.425. The van der Waals surface area contributed by atoms with Crippen LogP contribution in [0.2, 0.25) is 0 Å². The van der Waals surface area contributed by atoms with Crippen molar-refractivity contribution >= 4 is 11.9 Å². The summed E-state index contributed by atoms with van der Waals surface area (Å²) < 4.78 is 9.92. The van der Waals surface area contributed by atoms with Crippen molar-refractivity contribution in [3.8, 4) is 5.75 Å². The van der Waals surface area contributed by atoms with Gasteiger partial charge in [-0.3, -0.25) is 0 Å². The van der Waals surface area contributed by atoms with Gasteiger partial charge in [0, 0.05) is 0 Å². The summed E-state index contributed by atoms with van der Waals surface area (Å²) in [5.74, 6) is -0.457. The van der Waals surface area contributed by atoms with Gasteiger partial charge in [0.05, 0.1) is 18.2 Å². The molecule has 0 N–H and O–H groups in total. The van der Waals surface area contributed by atoms with Gasteiger partial charge < -0.3 is 9.47 Å². The van der Waals surface area contributed by atoms with E-state index >= 15 is 0 Å². The average Bonchev–Trinajstić information content (AvgIpc) is 2.60. The van der Waals surface area contributed by atoms with Crippen LogP contribution < -0.4 is 4.74 Å². The Morgan fingerprint density at radius 2 is 1.43 bits per heavy atom. The number of aryl methyl sites for hydroxylation is 1. The lowest BCUT2D eigenvalue weighted by atomic mass is 10.1. The Bertz CT molecular complexity index is 657. The zero-order valence-corrected chi connectivity index (χ0v) is 13.4. The molecule has 0 aliphatic carbocycles. The molecule has 0 aliphatic heterocycles. The van der Waals surface area contributed by atoms with Gasteiger partial charge in [-0.1, -0.05) is 25.5 Å². The molecule has 4 heteroatoms. The molecule has 0 unspecified atom stereocenters. The summed E-state index contributed by atoms with van der Waals surface area (Å²) in [4.78, 5) is 23.4. The van der Waals surface area contributed by atoms with E-state index in [1.165, 1.54) is 12.7 Å². The van der Waals surface area contributed by atoms with Crippen LogP contribution in [-0.4, -0.2) is 19.0 Å². The van der Waals surface area contributed by atoms with Crippen LogP contribution in [0.1, 0.15) is 46.0 Å². The van der Waals surface area contributed by atoms with Gasteiger partial charge >= 0.3 is 11.9 Å². The Kier molecular flexibility index (Phi) is 5.92. The van der Waals surface area contributed by atoms with E-state index in [2.05, 4.69) is 11.7 Å². The van der Waals surface area contributed by atoms with E-state index in [1.54, 1.807) is 36.4 Å². The number of rotatable bonds is 6. The third-order valence-electron chi connectivity index (χ3n) is 3.49. The van der Waals surface area contributed by atoms with E-state index in [0.29, 0.717) is 16.9 Å². The zero-order valence-electron chi connectivity index (χ0n) is 13.4. The summed E-state index contributed by atoms with van der Waals surface area (Å²) in [5, 5.41) is 0. The lowest BCUT2D eigenvalue weighted by Gasteiger charge is -2.06. The molecule has 2 rings (SSSR count). The molecule has 0 bridgehead atoms. The first-order chi connectivity index (χ1) is 11.1. The van der Waals surface area contributed by atoms with Crippen LogP contribution in [0, 0.1) is 0 Å². The van der Waals surface area contributed by atoms with Crippen molar-refractivity contribution in [2.75, 3.05) is 7.11 Å². The van der Waals surface area contributed by atoms with Crippen LogP contribution in [0.4, 0.5) is 0 Å². The minimum absolute atomic E-state index is 0.387. The third kappa shape index (κ3) is 4.68. The number of benzene rings is 2. The van der Waals surface area contributed by atoms with Crippen LogP contribution in [0.5, 0.6) is 5.75 Å². The van der Waals surface area contributed by atoms with E-state index in [4.69, 9.17) is 4.74 Å². The van der Waals surface area contributed by atoms with Gasteiger partial charge in [0.2, 0.25) is 0 Å². The number of esters is 2. The van der Waals surface area contributed by atoms with Gasteiger partial charge in [-0.15, -0.1) is 0 Å². The smallest absolute Gasteiger partial charge is 0.343 e. The van der Waals surface area contributed by atoms with Crippen LogP contribution in [0.3, 0.4) is 0 Å². The molecule has 0 aliphatic rings. The number of unbranched alkanes of at least 4 members (excludes halogenated alkanes) is 1. The van der Waals surface area contributed by atoms with Crippen LogP contribution >= 0.6 is 0 Å². The van der Waals surface area contributed by atoms with Crippen molar-refractivity contribution < 1.29 is 19.1 Å². The largest absolute Gasteiger partial charge is 0.465 e. The molecule has 120 valence electrons. The second kappa shape index (κ2) is 8.13. The number of methoxy groups -OCH3 is 1. The number of carbonyl (C=O) groups is 2. The molecule has 0 amide bonds. The van der Waals surface area contributed by atoms with Gasteiger partial charge in [-0.25, -0.2) is 9.59 Å². The first kappa shape index (κ1) is 16.7. The van der Waals surface area contributed by atoms with E-state index in [0.717, 1.165) is 19.3 Å². The highest BCUT2D eigenvalue weighted by atomic mass is 16.5. The number of carbonyl (C=O) groups excluding carboxylic acids is 2. The Balaban J connectivity index is 1.99. The number of ether oxygens (including phenoxy) is 2. The molecule has 0 atom stereocenters. The maximum Gasteiger partial charge on any atom is 0.343 e. The number of hydrogen-bond donors (Lipinski definition) is 0. The molecule has 0 heterocycles. The second-order valence-corrected chi connectivity index (χ2v) is 5.21. The SMILES string of the molecule is CCCCc1ccc(C(=O)Oc2ccc(C(=O)OC)cc2)cc1. The molecule has 2 aromatic carbocycles. The highest BCUT2D eigenvalue weighted by molar-refractivity contribution is 5.92. The molecule has 23 heavy (non-hydrogen) atoms. The average molecular weight is 312 g/mol. The Hall–Kier alpha value is -2.62. The summed E-state index contributed by atoms with van der Waals surface area (Å²) >= 11 is 0. The van der Waals surface area contributed by atoms with Crippen molar-refractivity contribution in [2.24, 2.45) is 0 Å². The van der Waals surface area contributed by atoms with Crippen LogP contribution in [0.15, 0.2) is 48.5 Å². The quantitative estimate of drug-likeness (QED) is 0.597. The molecular weight excluding hydrogens is 292 g/mol. The lowest BCUT2D eigenvalue weighted by molar-refractivity contribution is 0.0600. The normalized spacial score (nSPS) is 10.2. The van der Waals surface area contributed by atoms with E-state index in [1.807, 2.05) is 12.1 Å². The predicted molar refractivity (Wildman–Crippen MR) is 87.8 cm³/mol. The minimum Gasteiger partial charge on any atom is -0.465 e. The van der Waals surface area contributed by atoms with E-state index < -0.39 is 11.9 Å². The molecule has 0 saturated heterocycles. The first-order valence-corrected chi connectivity index (χ1v) is 7.63. The monoisotopic (exact) mass is 312 g/mol. The third-order valence-corrected chi connectivity index (χ3v) is 3.49. The zero-order chi connectivity index (χ0) is 16.7. The highest BCUT2D eigenvalue weighted by Gasteiger charge is 2.10.